The van der Waals surface area contributed by atoms with Crippen molar-refractivity contribution < 1.29 is 14.3 Å². The number of hydrogen-bond donors (Lipinski definition) is 0. The topological polar surface area (TPSA) is 47.9 Å². The van der Waals surface area contributed by atoms with Crippen LogP contribution in [0.3, 0.4) is 0 Å². The van der Waals surface area contributed by atoms with Crippen LogP contribution in [-0.4, -0.2) is 18.9 Å². The Labute approximate surface area is 103 Å². The summed E-state index contributed by atoms with van der Waals surface area (Å²) < 4.78 is 10.8. The van der Waals surface area contributed by atoms with Gasteiger partial charge in [0.25, 0.3) is 5.91 Å². The lowest BCUT2D eigenvalue weighted by Gasteiger charge is -2.11. The first kappa shape index (κ1) is 9.65. The summed E-state index contributed by atoms with van der Waals surface area (Å²) >= 11 is 0. The maximum Gasteiger partial charge on any atom is 0.276 e. The van der Waals surface area contributed by atoms with Crippen LogP contribution in [0.15, 0.2) is 29.3 Å². The van der Waals surface area contributed by atoms with Gasteiger partial charge in [-0.15, -0.1) is 0 Å². The molecule has 18 heavy (non-hydrogen) atoms. The normalized spacial score (nSPS) is 16.1. The predicted molar refractivity (Wildman–Crippen MR) is 66.6 cm³/mol. The molecule has 0 bridgehead atoms. The maximum atomic E-state index is 11.7. The minimum absolute atomic E-state index is 0.171. The summed E-state index contributed by atoms with van der Waals surface area (Å²) in [7, 11) is 0. The van der Waals surface area contributed by atoms with Crippen LogP contribution >= 0.6 is 0 Å². The number of carbonyl (C=O) groups is 1. The molecule has 2 aliphatic heterocycles. The van der Waals surface area contributed by atoms with Gasteiger partial charge in [0.15, 0.2) is 11.5 Å². The molecule has 0 saturated carbocycles. The quantitative estimate of drug-likeness (QED) is 0.709. The smallest absolute Gasteiger partial charge is 0.276 e. The number of hydrogen-bond acceptors (Lipinski definition) is 3. The van der Waals surface area contributed by atoms with Gasteiger partial charge in [0, 0.05) is 23.6 Å². The number of aliphatic imine (C=N–C) groups is 1. The molecule has 88 valence electrons. The first-order valence-electron chi connectivity index (χ1n) is 5.75. The zero-order valence-electron chi connectivity index (χ0n) is 9.47. The zero-order valence-corrected chi connectivity index (χ0v) is 9.47. The average molecular weight is 239 g/mol. The van der Waals surface area contributed by atoms with E-state index >= 15 is 0 Å². The molecule has 0 aliphatic carbocycles. The van der Waals surface area contributed by atoms with Gasteiger partial charge in [-0.05, 0) is 29.1 Å². The Morgan fingerprint density at radius 2 is 2.11 bits per heavy atom. The molecule has 1 amide bonds. The van der Waals surface area contributed by atoms with Crippen molar-refractivity contribution in [1.29, 1.82) is 0 Å². The number of amides is 1. The number of rotatable bonds is 0. The monoisotopic (exact) mass is 239 g/mol. The Balaban J connectivity index is 2.05. The van der Waals surface area contributed by atoms with Crippen LogP contribution in [0.25, 0.3) is 10.8 Å². The summed E-state index contributed by atoms with van der Waals surface area (Å²) in [4.78, 5) is 15.5. The standard InChI is InChI=1S/C14H9NO3/c16-14-11-6-8-1-2-12-13(18-7-17-12)10(8)5-9(11)3-4-15-14/h1-2,4-6H,3,7H2. The molecule has 2 aromatic carbocycles. The number of nitrogens with zero attached hydrogens (tertiary/aromatic N) is 1. The Morgan fingerprint density at radius 3 is 3.06 bits per heavy atom. The third-order valence-corrected chi connectivity index (χ3v) is 3.33. The van der Waals surface area contributed by atoms with Gasteiger partial charge in [0.1, 0.15) is 0 Å². The fourth-order valence-corrected chi connectivity index (χ4v) is 2.45. The van der Waals surface area contributed by atoms with Gasteiger partial charge in [0.05, 0.1) is 0 Å². The van der Waals surface area contributed by atoms with Crippen LogP contribution in [0.2, 0.25) is 0 Å². The van der Waals surface area contributed by atoms with Crippen molar-refractivity contribution in [2.45, 2.75) is 6.42 Å². The van der Waals surface area contributed by atoms with Gasteiger partial charge in [-0.25, -0.2) is 4.99 Å². The van der Waals surface area contributed by atoms with Gasteiger partial charge >= 0.3 is 0 Å². The minimum atomic E-state index is -0.171. The minimum Gasteiger partial charge on any atom is -0.454 e. The lowest BCUT2D eigenvalue weighted by molar-refractivity contribution is 0.100. The number of ether oxygens (including phenoxy) is 2. The summed E-state index contributed by atoms with van der Waals surface area (Å²) in [5, 5.41) is 1.97. The maximum absolute atomic E-state index is 11.7. The van der Waals surface area contributed by atoms with E-state index in [1.54, 1.807) is 6.21 Å². The third-order valence-electron chi connectivity index (χ3n) is 3.33. The second kappa shape index (κ2) is 3.32. The molecule has 0 saturated heterocycles. The zero-order chi connectivity index (χ0) is 12.1. The van der Waals surface area contributed by atoms with E-state index in [9.17, 15) is 4.79 Å². The second-order valence-corrected chi connectivity index (χ2v) is 4.35. The van der Waals surface area contributed by atoms with Crippen molar-refractivity contribution in [3.05, 3.63) is 35.4 Å². The van der Waals surface area contributed by atoms with Gasteiger partial charge in [-0.1, -0.05) is 6.07 Å². The molecule has 0 atom stereocenters. The molecule has 0 N–H and O–H groups in total. The molecule has 0 fully saturated rings. The van der Waals surface area contributed by atoms with Crippen LogP contribution in [-0.2, 0) is 6.42 Å². The van der Waals surface area contributed by atoms with Gasteiger partial charge < -0.3 is 9.47 Å². The Kier molecular flexibility index (Phi) is 1.78. The van der Waals surface area contributed by atoms with Crippen molar-refractivity contribution in [3.8, 4) is 11.5 Å². The van der Waals surface area contributed by atoms with Crippen molar-refractivity contribution in [3.63, 3.8) is 0 Å². The summed E-state index contributed by atoms with van der Waals surface area (Å²) in [5.74, 6) is 1.36. The van der Waals surface area contributed by atoms with Gasteiger partial charge in [0.2, 0.25) is 6.79 Å². The van der Waals surface area contributed by atoms with E-state index in [0.717, 1.165) is 27.8 Å². The van der Waals surface area contributed by atoms with E-state index in [2.05, 4.69) is 4.99 Å². The van der Waals surface area contributed by atoms with Crippen molar-refractivity contribution in [2.75, 3.05) is 6.79 Å². The first-order valence-corrected chi connectivity index (χ1v) is 5.75. The van der Waals surface area contributed by atoms with Crippen LogP contribution < -0.4 is 9.47 Å². The van der Waals surface area contributed by atoms with Crippen LogP contribution in [0.5, 0.6) is 11.5 Å². The van der Waals surface area contributed by atoms with Crippen molar-refractivity contribution in [2.24, 2.45) is 4.99 Å². The molecule has 4 nitrogen and oxygen atoms in total. The summed E-state index contributed by atoms with van der Waals surface area (Å²) in [6, 6.07) is 7.69. The van der Waals surface area contributed by atoms with E-state index in [1.165, 1.54) is 0 Å². The van der Waals surface area contributed by atoms with Crippen molar-refractivity contribution >= 4 is 22.9 Å². The third kappa shape index (κ3) is 1.20. The van der Waals surface area contributed by atoms with Crippen LogP contribution in [0.4, 0.5) is 0 Å². The molecule has 2 aromatic rings. The molecule has 2 aliphatic rings. The SMILES string of the molecule is O=C1N=CCc2cc3c4c(ccc3cc21)OCO4. The predicted octanol–water partition coefficient (Wildman–Crippen LogP) is 2.34. The highest BCUT2D eigenvalue weighted by atomic mass is 16.7. The fourth-order valence-electron chi connectivity index (χ4n) is 2.45. The molecule has 0 spiro atoms. The second-order valence-electron chi connectivity index (χ2n) is 4.35. The van der Waals surface area contributed by atoms with Crippen molar-refractivity contribution in [1.82, 2.24) is 0 Å². The molecule has 0 unspecified atom stereocenters. The molecule has 0 aromatic heterocycles. The largest absolute Gasteiger partial charge is 0.454 e. The van der Waals surface area contributed by atoms with E-state index in [1.807, 2.05) is 24.3 Å². The molecule has 2 heterocycles. The molecule has 0 radical (unpaired) electrons. The first-order chi connectivity index (χ1) is 8.83. The molecular weight excluding hydrogens is 230 g/mol. The van der Waals surface area contributed by atoms with Gasteiger partial charge in [-0.3, -0.25) is 4.79 Å². The lowest BCUT2D eigenvalue weighted by Crippen LogP contribution is -2.08. The fraction of sp³-hybridized carbons (Fsp3) is 0.143. The summed E-state index contributed by atoms with van der Waals surface area (Å²) in [5.41, 5.74) is 1.68. The Morgan fingerprint density at radius 1 is 1.17 bits per heavy atom. The highest BCUT2D eigenvalue weighted by molar-refractivity contribution is 6.07. The van der Waals surface area contributed by atoms with E-state index in [4.69, 9.17) is 9.47 Å². The van der Waals surface area contributed by atoms with Gasteiger partial charge in [-0.2, -0.15) is 0 Å². The average Bonchev–Trinajstić information content (AvgIpc) is 2.86. The van der Waals surface area contributed by atoms with Crippen LogP contribution in [0, 0.1) is 0 Å². The number of carbonyl (C=O) groups excluding carboxylic acids is 1. The van der Waals surface area contributed by atoms with E-state index < -0.39 is 0 Å². The van der Waals surface area contributed by atoms with Crippen LogP contribution in [0.1, 0.15) is 15.9 Å². The highest BCUT2D eigenvalue weighted by Crippen LogP contribution is 2.40. The summed E-state index contributed by atoms with van der Waals surface area (Å²) in [6.45, 7) is 0.256. The van der Waals surface area contributed by atoms with E-state index in [-0.39, 0.29) is 12.7 Å². The highest BCUT2D eigenvalue weighted by Gasteiger charge is 2.20. The lowest BCUT2D eigenvalue weighted by atomic mass is 9.96. The number of benzene rings is 2. The van der Waals surface area contributed by atoms with E-state index in [0.29, 0.717) is 12.0 Å². The Bertz CT molecular complexity index is 719. The summed E-state index contributed by atoms with van der Waals surface area (Å²) in [6.07, 6.45) is 2.33. The molecular formula is C14H9NO3. The molecule has 4 rings (SSSR count). The number of fused-ring (bicyclic) bond motifs is 4. The Hall–Kier alpha value is -2.36. The molecule has 4 heteroatoms.